The average molecular weight is 440 g/mol. The highest BCUT2D eigenvalue weighted by molar-refractivity contribution is 5.91. The van der Waals surface area contributed by atoms with Gasteiger partial charge in [0.1, 0.15) is 11.3 Å². The van der Waals surface area contributed by atoms with Crippen LogP contribution in [0.15, 0.2) is 42.5 Å². The first kappa shape index (κ1) is 23.1. The molecule has 0 saturated carbocycles. The van der Waals surface area contributed by atoms with Crippen molar-refractivity contribution in [2.75, 3.05) is 31.7 Å². The lowest BCUT2D eigenvalue weighted by atomic mass is 10.0. The van der Waals surface area contributed by atoms with E-state index < -0.39 is 18.0 Å². The van der Waals surface area contributed by atoms with Crippen LogP contribution in [0.5, 0.6) is 5.75 Å². The molecule has 0 aromatic heterocycles. The second-order valence-corrected chi connectivity index (χ2v) is 7.52. The molecule has 2 aromatic carbocycles. The van der Waals surface area contributed by atoms with Crippen LogP contribution in [-0.4, -0.2) is 49.8 Å². The summed E-state index contributed by atoms with van der Waals surface area (Å²) in [5.74, 6) is -1.84. The fraction of sp³-hybridized carbons (Fsp3) is 0.375. The monoisotopic (exact) mass is 440 g/mol. The molecule has 8 nitrogen and oxygen atoms in total. The smallest absolute Gasteiger partial charge is 0.339 e. The van der Waals surface area contributed by atoms with E-state index in [-0.39, 0.29) is 23.6 Å². The van der Waals surface area contributed by atoms with Crippen LogP contribution in [0.25, 0.3) is 0 Å². The Labute approximate surface area is 187 Å². The SMILES string of the molecule is CCOc1cc(CC(=O)NC(C(=O)OC)c2ccccc2N2CCCC2)ccc1C(=O)O. The van der Waals surface area contributed by atoms with Gasteiger partial charge in [-0.1, -0.05) is 24.3 Å². The van der Waals surface area contributed by atoms with E-state index in [1.165, 1.54) is 19.2 Å². The molecule has 0 spiro atoms. The van der Waals surface area contributed by atoms with Gasteiger partial charge >= 0.3 is 11.9 Å². The number of esters is 1. The zero-order valence-corrected chi connectivity index (χ0v) is 18.3. The van der Waals surface area contributed by atoms with Crippen LogP contribution < -0.4 is 15.0 Å². The number of carbonyl (C=O) groups is 3. The molecule has 1 atom stereocenters. The number of nitrogens with one attached hydrogen (secondary N) is 1. The number of rotatable bonds is 9. The van der Waals surface area contributed by atoms with Crippen LogP contribution in [0.1, 0.15) is 47.3 Å². The van der Waals surface area contributed by atoms with Crippen molar-refractivity contribution in [3.05, 3.63) is 59.2 Å². The van der Waals surface area contributed by atoms with Crippen molar-refractivity contribution in [3.63, 3.8) is 0 Å². The average Bonchev–Trinajstić information content (AvgIpc) is 3.32. The number of carboxylic acids is 1. The second-order valence-electron chi connectivity index (χ2n) is 7.52. The van der Waals surface area contributed by atoms with E-state index in [1.807, 2.05) is 24.3 Å². The number of benzene rings is 2. The predicted molar refractivity (Wildman–Crippen MR) is 119 cm³/mol. The Hall–Kier alpha value is -3.55. The van der Waals surface area contributed by atoms with E-state index in [0.717, 1.165) is 31.6 Å². The van der Waals surface area contributed by atoms with Gasteiger partial charge < -0.3 is 24.8 Å². The number of ether oxygens (including phenoxy) is 2. The Bertz CT molecular complexity index is 984. The third-order valence-electron chi connectivity index (χ3n) is 5.38. The summed E-state index contributed by atoms with van der Waals surface area (Å²) in [5.41, 5.74) is 2.20. The summed E-state index contributed by atoms with van der Waals surface area (Å²) in [6.07, 6.45) is 2.12. The van der Waals surface area contributed by atoms with E-state index in [9.17, 15) is 19.5 Å². The highest BCUT2D eigenvalue weighted by Crippen LogP contribution is 2.30. The lowest BCUT2D eigenvalue weighted by molar-refractivity contribution is -0.145. The van der Waals surface area contributed by atoms with Gasteiger partial charge in [0.25, 0.3) is 0 Å². The minimum absolute atomic E-state index is 0.0305. The largest absolute Gasteiger partial charge is 0.493 e. The van der Waals surface area contributed by atoms with Crippen molar-refractivity contribution < 1.29 is 29.0 Å². The summed E-state index contributed by atoms with van der Waals surface area (Å²) in [6.45, 7) is 3.85. The first-order valence-corrected chi connectivity index (χ1v) is 10.6. The second kappa shape index (κ2) is 10.7. The standard InChI is InChI=1S/C24H28N2O6/c1-3-32-20-14-16(10-11-18(20)23(28)29)15-21(27)25-22(24(30)31-2)17-8-4-5-9-19(17)26-12-6-7-13-26/h4-5,8-11,14,22H,3,6-7,12-13,15H2,1-2H3,(H,25,27)(H,28,29). The van der Waals surface area contributed by atoms with Crippen molar-refractivity contribution in [1.29, 1.82) is 0 Å². The highest BCUT2D eigenvalue weighted by atomic mass is 16.5. The molecule has 3 rings (SSSR count). The molecule has 1 amide bonds. The lowest BCUT2D eigenvalue weighted by Gasteiger charge is -2.25. The van der Waals surface area contributed by atoms with Crippen molar-refractivity contribution in [1.82, 2.24) is 5.32 Å². The Morgan fingerprint density at radius 2 is 1.84 bits per heavy atom. The molecule has 32 heavy (non-hydrogen) atoms. The van der Waals surface area contributed by atoms with E-state index in [2.05, 4.69) is 10.2 Å². The maximum atomic E-state index is 12.8. The molecule has 1 fully saturated rings. The molecule has 1 unspecified atom stereocenters. The summed E-state index contributed by atoms with van der Waals surface area (Å²) in [6, 6.07) is 11.1. The number of hydrogen-bond acceptors (Lipinski definition) is 6. The normalized spacial score (nSPS) is 14.0. The van der Waals surface area contributed by atoms with Crippen molar-refractivity contribution in [2.45, 2.75) is 32.2 Å². The van der Waals surface area contributed by atoms with Crippen LogP contribution in [0.4, 0.5) is 5.69 Å². The van der Waals surface area contributed by atoms with Gasteiger partial charge in [0, 0.05) is 24.3 Å². The van der Waals surface area contributed by atoms with Crippen LogP contribution in [0.3, 0.4) is 0 Å². The highest BCUT2D eigenvalue weighted by Gasteiger charge is 2.28. The van der Waals surface area contributed by atoms with Gasteiger partial charge in [0.15, 0.2) is 6.04 Å². The fourth-order valence-electron chi connectivity index (χ4n) is 3.88. The van der Waals surface area contributed by atoms with Gasteiger partial charge in [-0.2, -0.15) is 0 Å². The number of para-hydroxylation sites is 1. The van der Waals surface area contributed by atoms with Gasteiger partial charge in [0.2, 0.25) is 5.91 Å². The van der Waals surface area contributed by atoms with E-state index in [0.29, 0.717) is 17.7 Å². The van der Waals surface area contributed by atoms with E-state index in [4.69, 9.17) is 9.47 Å². The number of amides is 1. The molecule has 1 aliphatic rings. The summed E-state index contributed by atoms with van der Waals surface area (Å²) >= 11 is 0. The molecular weight excluding hydrogens is 412 g/mol. The summed E-state index contributed by atoms with van der Waals surface area (Å²) < 4.78 is 10.4. The van der Waals surface area contributed by atoms with Crippen molar-refractivity contribution in [2.24, 2.45) is 0 Å². The number of methoxy groups -OCH3 is 1. The zero-order chi connectivity index (χ0) is 23.1. The van der Waals surface area contributed by atoms with E-state index >= 15 is 0 Å². The molecule has 0 aliphatic carbocycles. The molecule has 2 N–H and O–H groups in total. The minimum Gasteiger partial charge on any atom is -0.493 e. The van der Waals surface area contributed by atoms with Gasteiger partial charge in [0.05, 0.1) is 20.1 Å². The Morgan fingerprint density at radius 1 is 1.12 bits per heavy atom. The molecule has 0 radical (unpaired) electrons. The van der Waals surface area contributed by atoms with E-state index in [1.54, 1.807) is 13.0 Å². The number of carbonyl (C=O) groups excluding carboxylic acids is 2. The lowest BCUT2D eigenvalue weighted by Crippen LogP contribution is -2.36. The van der Waals surface area contributed by atoms with Crippen LogP contribution in [0.2, 0.25) is 0 Å². The molecule has 1 heterocycles. The molecule has 1 saturated heterocycles. The van der Waals surface area contributed by atoms with Gasteiger partial charge in [-0.15, -0.1) is 0 Å². The number of aromatic carboxylic acids is 1. The maximum Gasteiger partial charge on any atom is 0.339 e. The summed E-state index contributed by atoms with van der Waals surface area (Å²) in [7, 11) is 1.29. The summed E-state index contributed by atoms with van der Waals surface area (Å²) in [4.78, 5) is 39.0. The molecular formula is C24H28N2O6. The molecule has 1 aliphatic heterocycles. The zero-order valence-electron chi connectivity index (χ0n) is 18.3. The first-order chi connectivity index (χ1) is 15.4. The number of carboxylic acid groups (broad SMARTS) is 1. The number of hydrogen-bond donors (Lipinski definition) is 2. The Balaban J connectivity index is 1.82. The Morgan fingerprint density at radius 3 is 2.50 bits per heavy atom. The molecule has 2 aromatic rings. The van der Waals surface area contributed by atoms with Crippen molar-refractivity contribution in [3.8, 4) is 5.75 Å². The van der Waals surface area contributed by atoms with Crippen molar-refractivity contribution >= 4 is 23.5 Å². The third-order valence-corrected chi connectivity index (χ3v) is 5.38. The van der Waals surface area contributed by atoms with Crippen LogP contribution in [0, 0.1) is 0 Å². The molecule has 170 valence electrons. The quantitative estimate of drug-likeness (QED) is 0.578. The number of anilines is 1. The van der Waals surface area contributed by atoms with Crippen LogP contribution in [-0.2, 0) is 20.7 Å². The molecule has 0 bridgehead atoms. The minimum atomic E-state index is -1.10. The van der Waals surface area contributed by atoms with Gasteiger partial charge in [-0.3, -0.25) is 4.79 Å². The topological polar surface area (TPSA) is 105 Å². The first-order valence-electron chi connectivity index (χ1n) is 10.6. The van der Waals surface area contributed by atoms with Gasteiger partial charge in [-0.05, 0) is 43.5 Å². The Kier molecular flexibility index (Phi) is 7.70. The molecule has 8 heteroatoms. The third kappa shape index (κ3) is 5.38. The summed E-state index contributed by atoms with van der Waals surface area (Å²) in [5, 5.41) is 12.1. The predicted octanol–water partition coefficient (Wildman–Crippen LogP) is 2.96. The van der Waals surface area contributed by atoms with Crippen LogP contribution >= 0.6 is 0 Å². The maximum absolute atomic E-state index is 12.8. The fourth-order valence-corrected chi connectivity index (χ4v) is 3.88. The van der Waals surface area contributed by atoms with Gasteiger partial charge in [-0.25, -0.2) is 9.59 Å². The number of nitrogens with zero attached hydrogens (tertiary/aromatic N) is 1.